The van der Waals surface area contributed by atoms with Crippen molar-refractivity contribution in [3.8, 4) is 0 Å². The molecule has 110 valence electrons. The average molecular weight is 317 g/mol. The molecule has 0 radical (unpaired) electrons. The maximum atomic E-state index is 10.9. The van der Waals surface area contributed by atoms with Crippen LogP contribution in [0.3, 0.4) is 0 Å². The van der Waals surface area contributed by atoms with Crippen LogP contribution in [0.4, 0.5) is 17.2 Å². The summed E-state index contributed by atoms with van der Waals surface area (Å²) in [6.45, 7) is 0.665. The van der Waals surface area contributed by atoms with E-state index < -0.39 is 4.92 Å². The van der Waals surface area contributed by atoms with Gasteiger partial charge in [-0.25, -0.2) is 4.98 Å². The lowest BCUT2D eigenvalue weighted by atomic mass is 10.1. The topological polar surface area (TPSA) is 101 Å². The first-order chi connectivity index (χ1) is 10.6. The van der Waals surface area contributed by atoms with Gasteiger partial charge < -0.3 is 9.88 Å². The second kappa shape index (κ2) is 4.63. The van der Waals surface area contributed by atoms with Gasteiger partial charge in [-0.05, 0) is 29.7 Å². The number of aromatic amines is 1. The Morgan fingerprint density at radius 1 is 1.36 bits per heavy atom. The largest absolute Gasteiger partial charge is 0.340 e. The Hall–Kier alpha value is -2.74. The van der Waals surface area contributed by atoms with Gasteiger partial charge in [-0.3, -0.25) is 10.1 Å². The molecule has 0 aliphatic carbocycles. The summed E-state index contributed by atoms with van der Waals surface area (Å²) in [7, 11) is 0. The first kappa shape index (κ1) is 13.0. The average Bonchev–Trinajstić information content (AvgIpc) is 3.11. The summed E-state index contributed by atoms with van der Waals surface area (Å²) >= 11 is 5.96. The molecule has 8 nitrogen and oxygen atoms in total. The van der Waals surface area contributed by atoms with Crippen LogP contribution in [-0.4, -0.2) is 31.4 Å². The summed E-state index contributed by atoms with van der Waals surface area (Å²) in [5.74, 6) is 0.625. The highest BCUT2D eigenvalue weighted by Crippen LogP contribution is 2.37. The number of benzene rings is 1. The van der Waals surface area contributed by atoms with Crippen LogP contribution in [0.15, 0.2) is 24.5 Å². The van der Waals surface area contributed by atoms with E-state index in [4.69, 9.17) is 11.6 Å². The van der Waals surface area contributed by atoms with Crippen LogP contribution in [0.25, 0.3) is 11.2 Å². The summed E-state index contributed by atoms with van der Waals surface area (Å²) in [6, 6.07) is 4.82. The smallest absolute Gasteiger partial charge is 0.269 e. The normalized spacial score (nSPS) is 13.6. The summed E-state index contributed by atoms with van der Waals surface area (Å²) in [6.07, 6.45) is 2.24. The van der Waals surface area contributed by atoms with Gasteiger partial charge in [-0.2, -0.15) is 9.97 Å². The zero-order valence-electron chi connectivity index (χ0n) is 11.2. The number of imidazole rings is 1. The van der Waals surface area contributed by atoms with Crippen LogP contribution in [0, 0.1) is 10.1 Å². The van der Waals surface area contributed by atoms with Gasteiger partial charge in [0.25, 0.3) is 5.69 Å². The standard InChI is InChI=1S/C13H9ClN6O2/c14-13-17-11-10(15-6-16-11)12(18-13)19-4-3-7-5-8(20(21)22)1-2-9(7)19/h1-2,5-6H,3-4H2,(H,15,16,17,18). The maximum absolute atomic E-state index is 10.9. The Bertz CT molecular complexity index is 909. The third-order valence-corrected chi connectivity index (χ3v) is 3.83. The van der Waals surface area contributed by atoms with Gasteiger partial charge in [-0.1, -0.05) is 0 Å². The van der Waals surface area contributed by atoms with Gasteiger partial charge in [0.15, 0.2) is 11.5 Å². The zero-order chi connectivity index (χ0) is 15.3. The van der Waals surface area contributed by atoms with Crippen LogP contribution < -0.4 is 4.90 Å². The van der Waals surface area contributed by atoms with Crippen LogP contribution in [-0.2, 0) is 6.42 Å². The van der Waals surface area contributed by atoms with Gasteiger partial charge in [-0.15, -0.1) is 0 Å². The van der Waals surface area contributed by atoms with Gasteiger partial charge in [0.2, 0.25) is 5.28 Å². The Morgan fingerprint density at radius 2 is 2.23 bits per heavy atom. The molecule has 1 aliphatic rings. The van der Waals surface area contributed by atoms with Crippen molar-refractivity contribution in [2.24, 2.45) is 0 Å². The zero-order valence-corrected chi connectivity index (χ0v) is 11.9. The van der Waals surface area contributed by atoms with E-state index in [1.165, 1.54) is 12.4 Å². The van der Waals surface area contributed by atoms with Crippen molar-refractivity contribution in [1.82, 2.24) is 19.9 Å². The lowest BCUT2D eigenvalue weighted by Gasteiger charge is -2.18. The lowest BCUT2D eigenvalue weighted by Crippen LogP contribution is -2.15. The molecule has 0 spiro atoms. The number of H-pyrrole nitrogens is 1. The van der Waals surface area contributed by atoms with E-state index in [1.54, 1.807) is 12.1 Å². The molecule has 4 rings (SSSR count). The van der Waals surface area contributed by atoms with Crippen molar-refractivity contribution in [3.05, 3.63) is 45.5 Å². The maximum Gasteiger partial charge on any atom is 0.269 e. The summed E-state index contributed by atoms with van der Waals surface area (Å²) in [4.78, 5) is 27.9. The molecule has 0 unspecified atom stereocenters. The number of nitro benzene ring substituents is 1. The van der Waals surface area contributed by atoms with E-state index in [1.807, 2.05) is 4.90 Å². The van der Waals surface area contributed by atoms with Gasteiger partial charge in [0, 0.05) is 24.4 Å². The van der Waals surface area contributed by atoms with Crippen molar-refractivity contribution in [2.45, 2.75) is 6.42 Å². The fourth-order valence-corrected chi connectivity index (χ4v) is 2.87. The molecular weight excluding hydrogens is 308 g/mol. The quantitative estimate of drug-likeness (QED) is 0.443. The Morgan fingerprint density at radius 3 is 3.05 bits per heavy atom. The van der Waals surface area contributed by atoms with Crippen molar-refractivity contribution < 1.29 is 4.92 Å². The van der Waals surface area contributed by atoms with Gasteiger partial charge >= 0.3 is 0 Å². The van der Waals surface area contributed by atoms with Crippen molar-refractivity contribution in [1.29, 1.82) is 0 Å². The molecule has 0 saturated carbocycles. The summed E-state index contributed by atoms with van der Waals surface area (Å²) < 4.78 is 0. The third kappa shape index (κ3) is 1.88. The molecule has 3 heterocycles. The predicted octanol–water partition coefficient (Wildman–Crippen LogP) is 2.61. The SMILES string of the molecule is O=[N+]([O-])c1ccc2c(c1)CCN2c1nc(Cl)nc2nc[nH]c12. The number of halogens is 1. The monoisotopic (exact) mass is 316 g/mol. The number of rotatable bonds is 2. The summed E-state index contributed by atoms with van der Waals surface area (Å²) in [5.41, 5.74) is 3.07. The fraction of sp³-hybridized carbons (Fsp3) is 0.154. The van der Waals surface area contributed by atoms with Crippen molar-refractivity contribution >= 4 is 40.0 Å². The van der Waals surface area contributed by atoms with Crippen molar-refractivity contribution in [3.63, 3.8) is 0 Å². The number of aromatic nitrogens is 4. The van der Waals surface area contributed by atoms with Crippen LogP contribution in [0.5, 0.6) is 0 Å². The number of hydrogen-bond acceptors (Lipinski definition) is 6. The second-order valence-electron chi connectivity index (χ2n) is 4.89. The predicted molar refractivity (Wildman–Crippen MR) is 80.5 cm³/mol. The minimum Gasteiger partial charge on any atom is -0.340 e. The minimum absolute atomic E-state index is 0.0907. The van der Waals surface area contributed by atoms with E-state index in [0.29, 0.717) is 29.9 Å². The molecule has 2 aromatic heterocycles. The van der Waals surface area contributed by atoms with E-state index in [0.717, 1.165) is 11.3 Å². The molecule has 9 heteroatoms. The van der Waals surface area contributed by atoms with E-state index in [9.17, 15) is 10.1 Å². The third-order valence-electron chi connectivity index (χ3n) is 3.66. The van der Waals surface area contributed by atoms with Crippen molar-refractivity contribution in [2.75, 3.05) is 11.4 Å². The number of hydrogen-bond donors (Lipinski definition) is 1. The van der Waals surface area contributed by atoms with Crippen LogP contribution >= 0.6 is 11.6 Å². The second-order valence-corrected chi connectivity index (χ2v) is 5.23. The fourth-order valence-electron chi connectivity index (χ4n) is 2.71. The lowest BCUT2D eigenvalue weighted by molar-refractivity contribution is -0.384. The molecule has 0 bridgehead atoms. The first-order valence-electron chi connectivity index (χ1n) is 6.55. The Balaban J connectivity index is 1.86. The van der Waals surface area contributed by atoms with E-state index in [2.05, 4.69) is 19.9 Å². The molecule has 0 fully saturated rings. The molecule has 22 heavy (non-hydrogen) atoms. The highest BCUT2D eigenvalue weighted by molar-refractivity contribution is 6.28. The van der Waals surface area contributed by atoms with Crippen LogP contribution in [0.2, 0.25) is 5.28 Å². The minimum atomic E-state index is -0.391. The number of nitrogens with zero attached hydrogens (tertiary/aromatic N) is 5. The highest BCUT2D eigenvalue weighted by atomic mass is 35.5. The molecule has 0 amide bonds. The molecule has 0 atom stereocenters. The van der Waals surface area contributed by atoms with Gasteiger partial charge in [0.1, 0.15) is 5.52 Å². The Kier molecular flexibility index (Phi) is 2.73. The number of anilines is 2. The molecule has 0 saturated heterocycles. The molecule has 1 N–H and O–H groups in total. The van der Waals surface area contributed by atoms with E-state index >= 15 is 0 Å². The first-order valence-corrected chi connectivity index (χ1v) is 6.93. The van der Waals surface area contributed by atoms with E-state index in [-0.39, 0.29) is 11.0 Å². The highest BCUT2D eigenvalue weighted by Gasteiger charge is 2.26. The number of fused-ring (bicyclic) bond motifs is 2. The molecule has 3 aromatic rings. The molecular formula is C13H9ClN6O2. The number of nitrogens with one attached hydrogen (secondary N) is 1. The number of nitro groups is 1. The number of non-ortho nitro benzene ring substituents is 1. The molecule has 1 aliphatic heterocycles. The van der Waals surface area contributed by atoms with Gasteiger partial charge in [0.05, 0.1) is 11.3 Å². The molecule has 1 aromatic carbocycles. The summed E-state index contributed by atoms with van der Waals surface area (Å²) in [5, 5.41) is 11.0. The Labute approximate surface area is 128 Å². The van der Waals surface area contributed by atoms with Crippen LogP contribution in [0.1, 0.15) is 5.56 Å².